The van der Waals surface area contributed by atoms with Crippen LogP contribution in [0.1, 0.15) is 56.2 Å². The summed E-state index contributed by atoms with van der Waals surface area (Å²) in [6.45, 7) is 3.34. The van der Waals surface area contributed by atoms with Gasteiger partial charge in [-0.1, -0.05) is 93.3 Å². The summed E-state index contributed by atoms with van der Waals surface area (Å²) in [5.41, 5.74) is 2.69. The van der Waals surface area contributed by atoms with Gasteiger partial charge in [-0.3, -0.25) is 0 Å². The van der Waals surface area contributed by atoms with Crippen molar-refractivity contribution in [2.45, 2.75) is 45.1 Å². The van der Waals surface area contributed by atoms with E-state index in [9.17, 15) is 0 Å². The van der Waals surface area contributed by atoms with Gasteiger partial charge in [-0.15, -0.1) is 0 Å². The molecule has 2 aromatic rings. The van der Waals surface area contributed by atoms with E-state index in [1.807, 2.05) is 0 Å². The predicted molar refractivity (Wildman–Crippen MR) is 91.5 cm³/mol. The van der Waals surface area contributed by atoms with Gasteiger partial charge in [-0.05, 0) is 24.1 Å². The van der Waals surface area contributed by atoms with Crippen LogP contribution in [0.25, 0.3) is 0 Å². The highest BCUT2D eigenvalue weighted by Gasteiger charge is 2.12. The molecule has 112 valence electrons. The van der Waals surface area contributed by atoms with Crippen molar-refractivity contribution in [3.05, 3.63) is 71.8 Å². The number of unbranched alkanes of at least 4 members (excludes halogenated alkanes) is 4. The zero-order valence-corrected chi connectivity index (χ0v) is 13.1. The van der Waals surface area contributed by atoms with Crippen LogP contribution in [0.4, 0.5) is 0 Å². The van der Waals surface area contributed by atoms with Gasteiger partial charge < -0.3 is 5.32 Å². The van der Waals surface area contributed by atoms with Crippen LogP contribution in [-0.2, 0) is 0 Å². The summed E-state index contributed by atoms with van der Waals surface area (Å²) in [5.74, 6) is 0. The first-order chi connectivity index (χ1) is 10.4. The van der Waals surface area contributed by atoms with Gasteiger partial charge in [-0.25, -0.2) is 0 Å². The second-order valence-electron chi connectivity index (χ2n) is 5.62. The second kappa shape index (κ2) is 9.36. The van der Waals surface area contributed by atoms with E-state index in [-0.39, 0.29) is 0 Å². The van der Waals surface area contributed by atoms with Crippen LogP contribution in [0, 0.1) is 0 Å². The molecule has 0 radical (unpaired) electrons. The molecule has 0 aliphatic carbocycles. The monoisotopic (exact) mass is 281 g/mol. The third-order valence-electron chi connectivity index (χ3n) is 3.89. The molecule has 0 spiro atoms. The van der Waals surface area contributed by atoms with Gasteiger partial charge >= 0.3 is 0 Å². The van der Waals surface area contributed by atoms with Crippen molar-refractivity contribution in [2.75, 3.05) is 6.54 Å². The molecule has 0 aliphatic heterocycles. The fourth-order valence-electron chi connectivity index (χ4n) is 2.69. The highest BCUT2D eigenvalue weighted by molar-refractivity contribution is 5.31. The summed E-state index contributed by atoms with van der Waals surface area (Å²) in [6.07, 6.45) is 6.62. The highest BCUT2D eigenvalue weighted by atomic mass is 14.9. The van der Waals surface area contributed by atoms with Crippen LogP contribution in [0.15, 0.2) is 60.7 Å². The molecule has 21 heavy (non-hydrogen) atoms. The van der Waals surface area contributed by atoms with E-state index in [2.05, 4.69) is 72.9 Å². The highest BCUT2D eigenvalue weighted by Crippen LogP contribution is 2.21. The molecular formula is C20H27N. The number of hydrogen-bond donors (Lipinski definition) is 1. The van der Waals surface area contributed by atoms with Crippen LogP contribution in [0.3, 0.4) is 0 Å². The average Bonchev–Trinajstić information content (AvgIpc) is 2.56. The molecule has 1 N–H and O–H groups in total. The number of benzene rings is 2. The molecule has 2 rings (SSSR count). The van der Waals surface area contributed by atoms with E-state index in [1.165, 1.54) is 43.2 Å². The van der Waals surface area contributed by atoms with Crippen molar-refractivity contribution in [2.24, 2.45) is 0 Å². The summed E-state index contributed by atoms with van der Waals surface area (Å²) >= 11 is 0. The molecule has 0 fully saturated rings. The average molecular weight is 281 g/mol. The molecule has 1 nitrogen and oxygen atoms in total. The van der Waals surface area contributed by atoms with Gasteiger partial charge in [0.2, 0.25) is 0 Å². The first kappa shape index (κ1) is 15.8. The minimum Gasteiger partial charge on any atom is -0.306 e. The molecular weight excluding hydrogens is 254 g/mol. The van der Waals surface area contributed by atoms with E-state index in [1.54, 1.807) is 0 Å². The maximum Gasteiger partial charge on any atom is 0.0576 e. The van der Waals surface area contributed by atoms with E-state index >= 15 is 0 Å². The van der Waals surface area contributed by atoms with Gasteiger partial charge in [-0.2, -0.15) is 0 Å². The SMILES string of the molecule is CCCCCCCNC(c1ccccc1)c1ccccc1. The Hall–Kier alpha value is -1.60. The van der Waals surface area contributed by atoms with Crippen molar-refractivity contribution < 1.29 is 0 Å². The van der Waals surface area contributed by atoms with Gasteiger partial charge in [0.05, 0.1) is 6.04 Å². The maximum absolute atomic E-state index is 3.73. The minimum absolute atomic E-state index is 0.304. The molecule has 0 aromatic heterocycles. The third-order valence-corrected chi connectivity index (χ3v) is 3.89. The summed E-state index contributed by atoms with van der Waals surface area (Å²) in [5, 5.41) is 3.73. The second-order valence-corrected chi connectivity index (χ2v) is 5.62. The van der Waals surface area contributed by atoms with Crippen LogP contribution in [0.5, 0.6) is 0 Å². The number of rotatable bonds is 9. The van der Waals surface area contributed by atoms with Crippen LogP contribution < -0.4 is 5.32 Å². The van der Waals surface area contributed by atoms with E-state index in [4.69, 9.17) is 0 Å². The molecule has 0 atom stereocenters. The number of nitrogens with one attached hydrogen (secondary N) is 1. The Kier molecular flexibility index (Phi) is 7.03. The lowest BCUT2D eigenvalue weighted by Crippen LogP contribution is -2.23. The Morgan fingerprint density at radius 1 is 0.714 bits per heavy atom. The van der Waals surface area contributed by atoms with Gasteiger partial charge in [0.1, 0.15) is 0 Å². The Morgan fingerprint density at radius 2 is 1.24 bits per heavy atom. The lowest BCUT2D eigenvalue weighted by Gasteiger charge is -2.20. The normalized spacial score (nSPS) is 11.0. The molecule has 0 unspecified atom stereocenters. The Labute approximate surface area is 129 Å². The fourth-order valence-corrected chi connectivity index (χ4v) is 2.69. The van der Waals surface area contributed by atoms with E-state index in [0.29, 0.717) is 6.04 Å². The third kappa shape index (κ3) is 5.35. The zero-order chi connectivity index (χ0) is 14.8. The first-order valence-electron chi connectivity index (χ1n) is 8.25. The summed E-state index contributed by atoms with van der Waals surface area (Å²) in [7, 11) is 0. The largest absolute Gasteiger partial charge is 0.306 e. The molecule has 0 bridgehead atoms. The topological polar surface area (TPSA) is 12.0 Å². The Morgan fingerprint density at radius 3 is 1.76 bits per heavy atom. The number of hydrogen-bond acceptors (Lipinski definition) is 1. The first-order valence-corrected chi connectivity index (χ1v) is 8.25. The summed E-state index contributed by atoms with van der Waals surface area (Å²) < 4.78 is 0. The molecule has 0 heterocycles. The fraction of sp³-hybridized carbons (Fsp3) is 0.400. The van der Waals surface area contributed by atoms with Crippen molar-refractivity contribution in [3.63, 3.8) is 0 Å². The van der Waals surface area contributed by atoms with E-state index in [0.717, 1.165) is 6.54 Å². The van der Waals surface area contributed by atoms with Crippen molar-refractivity contribution in [3.8, 4) is 0 Å². The van der Waals surface area contributed by atoms with E-state index < -0.39 is 0 Å². The predicted octanol–water partition coefficient (Wildman–Crippen LogP) is 5.34. The molecule has 1 heteroatoms. The van der Waals surface area contributed by atoms with Crippen molar-refractivity contribution >= 4 is 0 Å². The quantitative estimate of drug-likeness (QED) is 0.612. The molecule has 0 saturated carbocycles. The minimum atomic E-state index is 0.304. The van der Waals surface area contributed by atoms with Gasteiger partial charge in [0.15, 0.2) is 0 Å². The summed E-state index contributed by atoms with van der Waals surface area (Å²) in [4.78, 5) is 0. The maximum atomic E-state index is 3.73. The molecule has 0 aliphatic rings. The van der Waals surface area contributed by atoms with Crippen molar-refractivity contribution in [1.82, 2.24) is 5.32 Å². The Bertz CT molecular complexity index is 438. The smallest absolute Gasteiger partial charge is 0.0576 e. The summed E-state index contributed by atoms with van der Waals surface area (Å²) in [6, 6.07) is 21.8. The molecule has 2 aromatic carbocycles. The van der Waals surface area contributed by atoms with Gasteiger partial charge in [0.25, 0.3) is 0 Å². The zero-order valence-electron chi connectivity index (χ0n) is 13.1. The Balaban J connectivity index is 1.94. The standard InChI is InChI=1S/C20H27N/c1-2-3-4-5-12-17-21-20(18-13-8-6-9-14-18)19-15-10-7-11-16-19/h6-11,13-16,20-21H,2-5,12,17H2,1H3. The van der Waals surface area contributed by atoms with Crippen LogP contribution in [0.2, 0.25) is 0 Å². The molecule has 0 saturated heterocycles. The molecule has 0 amide bonds. The van der Waals surface area contributed by atoms with Crippen molar-refractivity contribution in [1.29, 1.82) is 0 Å². The van der Waals surface area contributed by atoms with Crippen LogP contribution >= 0.6 is 0 Å². The van der Waals surface area contributed by atoms with Crippen LogP contribution in [-0.4, -0.2) is 6.54 Å². The lowest BCUT2D eigenvalue weighted by molar-refractivity contribution is 0.548. The lowest BCUT2D eigenvalue weighted by atomic mass is 9.98. The van der Waals surface area contributed by atoms with Gasteiger partial charge in [0, 0.05) is 0 Å².